The second-order valence-electron chi connectivity index (χ2n) is 5.85. The van der Waals surface area contributed by atoms with Crippen molar-refractivity contribution in [1.29, 1.82) is 0 Å². The van der Waals surface area contributed by atoms with E-state index in [0.29, 0.717) is 41.8 Å². The van der Waals surface area contributed by atoms with Crippen molar-refractivity contribution in [1.82, 2.24) is 4.90 Å². The molecule has 2 aromatic carbocycles. The van der Waals surface area contributed by atoms with E-state index in [4.69, 9.17) is 21.1 Å². The van der Waals surface area contributed by atoms with Crippen LogP contribution in [0, 0.1) is 0 Å². The van der Waals surface area contributed by atoms with Gasteiger partial charge in [0.1, 0.15) is 0 Å². The summed E-state index contributed by atoms with van der Waals surface area (Å²) >= 11 is 5.87. The third-order valence-electron chi connectivity index (χ3n) is 4.26. The topological polar surface area (TPSA) is 59.1 Å². The van der Waals surface area contributed by atoms with Crippen LogP contribution in [0.2, 0.25) is 5.02 Å². The molecule has 0 atom stereocenters. The molecule has 2 aliphatic rings. The number of piperazine rings is 1. The van der Waals surface area contributed by atoms with Crippen molar-refractivity contribution in [2.24, 2.45) is 0 Å². The fraction of sp³-hybridized carbons (Fsp3) is 0.222. The molecule has 2 heterocycles. The molecule has 1 saturated heterocycles. The molecule has 0 aromatic heterocycles. The minimum Gasteiger partial charge on any atom is -0.454 e. The number of carbonyl (C=O) groups is 2. The van der Waals surface area contributed by atoms with Gasteiger partial charge in [-0.2, -0.15) is 0 Å². The molecule has 7 heteroatoms. The van der Waals surface area contributed by atoms with Crippen LogP contribution in [-0.2, 0) is 16.1 Å². The molecule has 128 valence electrons. The van der Waals surface area contributed by atoms with Crippen LogP contribution < -0.4 is 14.4 Å². The SMILES string of the molecule is O=C1C(=O)N(c2ccc3c(c2)OCO3)CCN1Cc1ccc(Cl)cc1. The summed E-state index contributed by atoms with van der Waals surface area (Å²) in [5.41, 5.74) is 1.57. The summed E-state index contributed by atoms with van der Waals surface area (Å²) in [6.07, 6.45) is 0. The predicted molar refractivity (Wildman–Crippen MR) is 91.8 cm³/mol. The Morgan fingerprint density at radius 2 is 1.68 bits per heavy atom. The maximum Gasteiger partial charge on any atom is 0.316 e. The molecule has 0 saturated carbocycles. The van der Waals surface area contributed by atoms with Gasteiger partial charge in [0.2, 0.25) is 6.79 Å². The van der Waals surface area contributed by atoms with Crippen LogP contribution >= 0.6 is 11.6 Å². The first-order valence-corrected chi connectivity index (χ1v) is 8.24. The van der Waals surface area contributed by atoms with Gasteiger partial charge in [0.25, 0.3) is 0 Å². The number of rotatable bonds is 3. The number of ether oxygens (including phenoxy) is 2. The second kappa shape index (κ2) is 6.29. The Labute approximate surface area is 149 Å². The van der Waals surface area contributed by atoms with Crippen molar-refractivity contribution in [3.8, 4) is 11.5 Å². The Morgan fingerprint density at radius 1 is 0.920 bits per heavy atom. The standard InChI is InChI=1S/C18H15ClN2O4/c19-13-3-1-12(2-4-13)10-20-7-8-21(18(23)17(20)22)14-5-6-15-16(9-14)25-11-24-15/h1-6,9H,7-8,10-11H2. The highest BCUT2D eigenvalue weighted by Gasteiger charge is 2.34. The summed E-state index contributed by atoms with van der Waals surface area (Å²) in [5.74, 6) is 0.170. The molecule has 0 N–H and O–H groups in total. The zero-order chi connectivity index (χ0) is 17.4. The maximum absolute atomic E-state index is 12.5. The van der Waals surface area contributed by atoms with Crippen LogP contribution in [0.4, 0.5) is 5.69 Å². The summed E-state index contributed by atoms with van der Waals surface area (Å²) in [6.45, 7) is 1.44. The molecule has 1 fully saturated rings. The van der Waals surface area contributed by atoms with E-state index in [1.165, 1.54) is 4.90 Å². The lowest BCUT2D eigenvalue weighted by atomic mass is 10.1. The Kier molecular flexibility index (Phi) is 3.97. The number of fused-ring (bicyclic) bond motifs is 1. The van der Waals surface area contributed by atoms with Gasteiger partial charge in [-0.3, -0.25) is 9.59 Å². The first-order valence-electron chi connectivity index (χ1n) is 7.87. The zero-order valence-electron chi connectivity index (χ0n) is 13.3. The van der Waals surface area contributed by atoms with Crippen LogP contribution in [-0.4, -0.2) is 36.6 Å². The van der Waals surface area contributed by atoms with E-state index in [-0.39, 0.29) is 6.79 Å². The van der Waals surface area contributed by atoms with Crippen LogP contribution in [0.5, 0.6) is 11.5 Å². The molecule has 2 aromatic rings. The number of carbonyl (C=O) groups excluding carboxylic acids is 2. The fourth-order valence-corrected chi connectivity index (χ4v) is 3.06. The van der Waals surface area contributed by atoms with Gasteiger partial charge >= 0.3 is 11.8 Å². The summed E-state index contributed by atoms with van der Waals surface area (Å²) in [7, 11) is 0. The smallest absolute Gasteiger partial charge is 0.316 e. The highest BCUT2D eigenvalue weighted by molar-refractivity contribution is 6.41. The lowest BCUT2D eigenvalue weighted by Gasteiger charge is -2.33. The average Bonchev–Trinajstić information content (AvgIpc) is 3.09. The molecule has 0 bridgehead atoms. The van der Waals surface area contributed by atoms with E-state index in [1.54, 1.807) is 35.2 Å². The molecule has 4 rings (SSSR count). The van der Waals surface area contributed by atoms with Crippen molar-refractivity contribution in [2.75, 3.05) is 24.8 Å². The van der Waals surface area contributed by atoms with Crippen LogP contribution in [0.3, 0.4) is 0 Å². The Bertz CT molecular complexity index is 837. The van der Waals surface area contributed by atoms with E-state index in [9.17, 15) is 9.59 Å². The molecule has 6 nitrogen and oxygen atoms in total. The van der Waals surface area contributed by atoms with Crippen LogP contribution in [0.15, 0.2) is 42.5 Å². The monoisotopic (exact) mass is 358 g/mol. The minimum absolute atomic E-state index is 0.167. The van der Waals surface area contributed by atoms with E-state index in [0.717, 1.165) is 5.56 Å². The lowest BCUT2D eigenvalue weighted by Crippen LogP contribution is -2.54. The van der Waals surface area contributed by atoms with Crippen LogP contribution in [0.25, 0.3) is 0 Å². The molecule has 0 radical (unpaired) electrons. The molecule has 0 aliphatic carbocycles. The molecule has 2 aliphatic heterocycles. The predicted octanol–water partition coefficient (Wildman–Crippen LogP) is 2.44. The number of benzene rings is 2. The maximum atomic E-state index is 12.5. The highest BCUT2D eigenvalue weighted by Crippen LogP contribution is 2.36. The van der Waals surface area contributed by atoms with Gasteiger partial charge in [-0.1, -0.05) is 23.7 Å². The van der Waals surface area contributed by atoms with Crippen LogP contribution in [0.1, 0.15) is 5.56 Å². The van der Waals surface area contributed by atoms with Gasteiger partial charge in [0.15, 0.2) is 11.5 Å². The summed E-state index contributed by atoms with van der Waals surface area (Å²) in [6, 6.07) is 12.5. The number of halogens is 1. The Balaban J connectivity index is 1.49. The Hall–Kier alpha value is -2.73. The Morgan fingerprint density at radius 3 is 2.48 bits per heavy atom. The quantitative estimate of drug-likeness (QED) is 0.791. The molecular formula is C18H15ClN2O4. The van der Waals surface area contributed by atoms with E-state index in [1.807, 2.05) is 12.1 Å². The lowest BCUT2D eigenvalue weighted by molar-refractivity contribution is -0.146. The van der Waals surface area contributed by atoms with Gasteiger partial charge in [0.05, 0.1) is 0 Å². The first kappa shape index (κ1) is 15.8. The second-order valence-corrected chi connectivity index (χ2v) is 6.28. The van der Waals surface area contributed by atoms with Gasteiger partial charge in [0, 0.05) is 36.4 Å². The van der Waals surface area contributed by atoms with E-state index < -0.39 is 11.8 Å². The van der Waals surface area contributed by atoms with Crippen molar-refractivity contribution >= 4 is 29.1 Å². The third-order valence-corrected chi connectivity index (χ3v) is 4.52. The minimum atomic E-state index is -0.543. The molecule has 25 heavy (non-hydrogen) atoms. The molecule has 0 unspecified atom stereocenters. The van der Waals surface area contributed by atoms with Crippen molar-refractivity contribution in [3.63, 3.8) is 0 Å². The van der Waals surface area contributed by atoms with E-state index in [2.05, 4.69) is 0 Å². The summed E-state index contributed by atoms with van der Waals surface area (Å²) < 4.78 is 10.6. The van der Waals surface area contributed by atoms with E-state index >= 15 is 0 Å². The van der Waals surface area contributed by atoms with Crippen molar-refractivity contribution in [2.45, 2.75) is 6.54 Å². The van der Waals surface area contributed by atoms with Gasteiger partial charge < -0.3 is 19.3 Å². The average molecular weight is 359 g/mol. The highest BCUT2D eigenvalue weighted by atomic mass is 35.5. The molecule has 2 amide bonds. The third kappa shape index (κ3) is 3.00. The zero-order valence-corrected chi connectivity index (χ0v) is 14.0. The number of anilines is 1. The van der Waals surface area contributed by atoms with Gasteiger partial charge in [-0.15, -0.1) is 0 Å². The van der Waals surface area contributed by atoms with Gasteiger partial charge in [-0.25, -0.2) is 0 Å². The first-order chi connectivity index (χ1) is 12.1. The normalized spacial score (nSPS) is 16.5. The summed E-state index contributed by atoms with van der Waals surface area (Å²) in [5, 5.41) is 0.638. The fourth-order valence-electron chi connectivity index (χ4n) is 2.94. The van der Waals surface area contributed by atoms with Crippen molar-refractivity contribution < 1.29 is 19.1 Å². The summed E-state index contributed by atoms with van der Waals surface area (Å²) in [4.78, 5) is 28.0. The number of hydrogen-bond donors (Lipinski definition) is 0. The number of amides is 2. The largest absolute Gasteiger partial charge is 0.454 e. The molecule has 0 spiro atoms. The van der Waals surface area contributed by atoms with Crippen molar-refractivity contribution in [3.05, 3.63) is 53.1 Å². The van der Waals surface area contributed by atoms with Gasteiger partial charge in [-0.05, 0) is 29.8 Å². The molecular weight excluding hydrogens is 344 g/mol. The number of nitrogens with zero attached hydrogens (tertiary/aromatic N) is 2. The number of hydrogen-bond acceptors (Lipinski definition) is 4.